The van der Waals surface area contributed by atoms with E-state index in [-0.39, 0.29) is 5.56 Å². The van der Waals surface area contributed by atoms with Gasteiger partial charge >= 0.3 is 5.97 Å². The van der Waals surface area contributed by atoms with Crippen LogP contribution in [0.25, 0.3) is 11.1 Å². The van der Waals surface area contributed by atoms with Crippen LogP contribution in [0, 0.1) is 0 Å². The molecule has 0 aliphatic rings. The molecule has 1 N–H and O–H groups in total. The molecule has 2 aromatic carbocycles. The fourth-order valence-corrected chi connectivity index (χ4v) is 2.19. The summed E-state index contributed by atoms with van der Waals surface area (Å²) in [5.74, 6) is -1.04. The van der Waals surface area contributed by atoms with E-state index in [9.17, 15) is 4.79 Å². The quantitative estimate of drug-likeness (QED) is 0.846. The summed E-state index contributed by atoms with van der Waals surface area (Å²) in [7, 11) is 0. The minimum Gasteiger partial charge on any atom is -0.478 e. The fourth-order valence-electron chi connectivity index (χ4n) is 1.63. The van der Waals surface area contributed by atoms with Crippen LogP contribution < -0.4 is 0 Å². The average Bonchev–Trinajstić information content (AvgIpc) is 2.31. The van der Waals surface area contributed by atoms with E-state index >= 15 is 0 Å². The smallest absolute Gasteiger partial charge is 0.336 e. The molecule has 2 aromatic rings. The van der Waals surface area contributed by atoms with Gasteiger partial charge in [0.1, 0.15) is 0 Å². The molecule has 0 radical (unpaired) electrons. The Hall–Kier alpha value is -1.22. The lowest BCUT2D eigenvalue weighted by Gasteiger charge is -2.09. The van der Waals surface area contributed by atoms with Gasteiger partial charge in [-0.3, -0.25) is 0 Å². The normalized spacial score (nSPS) is 10.4. The van der Waals surface area contributed by atoms with Crippen molar-refractivity contribution >= 4 is 40.8 Å². The lowest BCUT2D eigenvalue weighted by atomic mass is 10.00. The second kappa shape index (κ2) is 5.19. The Kier molecular flexibility index (Phi) is 3.81. The number of halogens is 3. The van der Waals surface area contributed by atoms with Crippen LogP contribution in [0.1, 0.15) is 10.4 Å². The summed E-state index contributed by atoms with van der Waals surface area (Å²) in [4.78, 5) is 11.2. The van der Waals surface area contributed by atoms with E-state index in [0.29, 0.717) is 26.2 Å². The van der Waals surface area contributed by atoms with E-state index in [4.69, 9.17) is 39.9 Å². The molecule has 0 heterocycles. The number of hydrogen-bond acceptors (Lipinski definition) is 1. The van der Waals surface area contributed by atoms with Crippen LogP contribution in [0.15, 0.2) is 36.4 Å². The van der Waals surface area contributed by atoms with Gasteiger partial charge in [0, 0.05) is 20.6 Å². The first-order valence-electron chi connectivity index (χ1n) is 4.97. The predicted octanol–water partition coefficient (Wildman–Crippen LogP) is 5.01. The van der Waals surface area contributed by atoms with Crippen molar-refractivity contribution in [2.24, 2.45) is 0 Å². The van der Waals surface area contributed by atoms with Crippen molar-refractivity contribution in [1.82, 2.24) is 0 Å². The first-order chi connectivity index (χ1) is 8.49. The summed E-state index contributed by atoms with van der Waals surface area (Å²) in [6.07, 6.45) is 0. The van der Waals surface area contributed by atoms with Crippen molar-refractivity contribution in [2.45, 2.75) is 0 Å². The van der Waals surface area contributed by atoms with E-state index in [1.165, 1.54) is 12.1 Å². The zero-order valence-electron chi connectivity index (χ0n) is 8.95. The van der Waals surface area contributed by atoms with Gasteiger partial charge in [0.2, 0.25) is 0 Å². The van der Waals surface area contributed by atoms with Crippen molar-refractivity contribution in [2.75, 3.05) is 0 Å². The lowest BCUT2D eigenvalue weighted by molar-refractivity contribution is 0.0698. The minimum absolute atomic E-state index is 0.128. The van der Waals surface area contributed by atoms with Gasteiger partial charge in [-0.1, -0.05) is 34.8 Å². The Morgan fingerprint density at radius 1 is 0.889 bits per heavy atom. The molecule has 0 fully saturated rings. The third kappa shape index (κ3) is 2.61. The van der Waals surface area contributed by atoms with Gasteiger partial charge in [0.25, 0.3) is 0 Å². The van der Waals surface area contributed by atoms with Gasteiger partial charge in [0.05, 0.1) is 5.56 Å². The summed E-state index contributed by atoms with van der Waals surface area (Å²) < 4.78 is 0. The van der Waals surface area contributed by atoms with Crippen molar-refractivity contribution in [1.29, 1.82) is 0 Å². The lowest BCUT2D eigenvalue weighted by Crippen LogP contribution is -1.99. The number of hydrogen-bond donors (Lipinski definition) is 1. The molecule has 92 valence electrons. The molecule has 0 saturated heterocycles. The fraction of sp³-hybridized carbons (Fsp3) is 0. The van der Waals surface area contributed by atoms with E-state index in [0.717, 1.165) is 0 Å². The van der Waals surface area contributed by atoms with E-state index in [2.05, 4.69) is 0 Å². The molecule has 18 heavy (non-hydrogen) atoms. The van der Waals surface area contributed by atoms with Gasteiger partial charge < -0.3 is 5.11 Å². The number of benzene rings is 2. The topological polar surface area (TPSA) is 37.3 Å². The van der Waals surface area contributed by atoms with Gasteiger partial charge in [-0.05, 0) is 42.0 Å². The van der Waals surface area contributed by atoms with Crippen LogP contribution in [0.4, 0.5) is 0 Å². The van der Waals surface area contributed by atoms with Crippen molar-refractivity contribution in [3.05, 3.63) is 57.0 Å². The highest BCUT2D eigenvalue weighted by atomic mass is 35.5. The summed E-state index contributed by atoms with van der Waals surface area (Å²) in [5.41, 5.74) is 1.12. The highest BCUT2D eigenvalue weighted by Gasteiger charge is 2.14. The monoisotopic (exact) mass is 300 g/mol. The third-order valence-corrected chi connectivity index (χ3v) is 3.23. The van der Waals surface area contributed by atoms with Crippen LogP contribution >= 0.6 is 34.8 Å². The number of carboxylic acid groups (broad SMARTS) is 1. The Bertz CT molecular complexity index is 624. The van der Waals surface area contributed by atoms with Crippen LogP contribution in [0.3, 0.4) is 0 Å². The molecule has 0 aliphatic heterocycles. The number of carbonyl (C=O) groups is 1. The van der Waals surface area contributed by atoms with Crippen LogP contribution in [0.5, 0.6) is 0 Å². The highest BCUT2D eigenvalue weighted by Crippen LogP contribution is 2.34. The first kappa shape index (κ1) is 13.2. The molecule has 0 spiro atoms. The Morgan fingerprint density at radius 3 is 2.06 bits per heavy atom. The zero-order valence-corrected chi connectivity index (χ0v) is 11.2. The maximum atomic E-state index is 11.2. The summed E-state index contributed by atoms with van der Waals surface area (Å²) in [6.45, 7) is 0. The Morgan fingerprint density at radius 2 is 1.44 bits per heavy atom. The zero-order chi connectivity index (χ0) is 13.3. The summed E-state index contributed by atoms with van der Waals surface area (Å²) >= 11 is 17.9. The number of aromatic carboxylic acids is 1. The molecule has 0 unspecified atom stereocenters. The SMILES string of the molecule is O=C(O)c1ccc(Cl)cc1-c1cc(Cl)ccc1Cl. The summed E-state index contributed by atoms with van der Waals surface area (Å²) in [6, 6.07) is 9.39. The molecule has 0 aromatic heterocycles. The predicted molar refractivity (Wildman–Crippen MR) is 73.9 cm³/mol. The molecule has 2 nitrogen and oxygen atoms in total. The molecule has 2 rings (SSSR count). The maximum absolute atomic E-state index is 11.2. The van der Waals surface area contributed by atoms with Crippen LogP contribution in [0.2, 0.25) is 15.1 Å². The van der Waals surface area contributed by atoms with Gasteiger partial charge in [-0.15, -0.1) is 0 Å². The Labute approximate surface area is 119 Å². The second-order valence-electron chi connectivity index (χ2n) is 3.62. The molecule has 0 aliphatic carbocycles. The number of carboxylic acids is 1. The third-order valence-electron chi connectivity index (χ3n) is 2.43. The van der Waals surface area contributed by atoms with Crippen LogP contribution in [-0.2, 0) is 0 Å². The van der Waals surface area contributed by atoms with E-state index < -0.39 is 5.97 Å². The van der Waals surface area contributed by atoms with E-state index in [1.54, 1.807) is 24.3 Å². The minimum atomic E-state index is -1.04. The highest BCUT2D eigenvalue weighted by molar-refractivity contribution is 6.36. The van der Waals surface area contributed by atoms with Crippen molar-refractivity contribution < 1.29 is 9.90 Å². The molecule has 0 bridgehead atoms. The largest absolute Gasteiger partial charge is 0.478 e. The molecular weight excluding hydrogens is 294 g/mol. The van der Waals surface area contributed by atoms with Crippen LogP contribution in [-0.4, -0.2) is 11.1 Å². The van der Waals surface area contributed by atoms with Gasteiger partial charge in [-0.25, -0.2) is 4.79 Å². The average molecular weight is 302 g/mol. The van der Waals surface area contributed by atoms with Gasteiger partial charge in [0.15, 0.2) is 0 Å². The molecule has 5 heteroatoms. The number of rotatable bonds is 2. The standard InChI is InChI=1S/C13H7Cl3O2/c14-7-1-3-9(13(17)18)10(5-7)11-6-8(15)2-4-12(11)16/h1-6H,(H,17,18). The Balaban J connectivity index is 2.73. The van der Waals surface area contributed by atoms with Gasteiger partial charge in [-0.2, -0.15) is 0 Å². The first-order valence-corrected chi connectivity index (χ1v) is 6.10. The molecule has 0 amide bonds. The maximum Gasteiger partial charge on any atom is 0.336 e. The second-order valence-corrected chi connectivity index (χ2v) is 4.90. The molecule has 0 atom stereocenters. The summed E-state index contributed by atoms with van der Waals surface area (Å²) in [5, 5.41) is 10.5. The van der Waals surface area contributed by atoms with Crippen molar-refractivity contribution in [3.63, 3.8) is 0 Å². The molecular formula is C13H7Cl3O2. The molecule has 0 saturated carbocycles. The van der Waals surface area contributed by atoms with E-state index in [1.807, 2.05) is 0 Å². The van der Waals surface area contributed by atoms with Crippen molar-refractivity contribution in [3.8, 4) is 11.1 Å².